The molecule has 1 amide bonds. The molecule has 5 heteroatoms. The van der Waals surface area contributed by atoms with Crippen LogP contribution in [0, 0.1) is 11.6 Å². The molecule has 3 nitrogen and oxygen atoms in total. The van der Waals surface area contributed by atoms with Gasteiger partial charge in [-0.05, 0) is 25.0 Å². The lowest BCUT2D eigenvalue weighted by molar-refractivity contribution is -0.120. The molecular formula is C13H16F2N2O. The number of carbonyl (C=O) groups excluding carboxylic acids is 1. The molecule has 0 heterocycles. The van der Waals surface area contributed by atoms with Crippen LogP contribution in [-0.4, -0.2) is 18.5 Å². The van der Waals surface area contributed by atoms with Gasteiger partial charge >= 0.3 is 0 Å². The monoisotopic (exact) mass is 254 g/mol. The molecule has 98 valence electrons. The fourth-order valence-electron chi connectivity index (χ4n) is 2.18. The second kappa shape index (κ2) is 5.80. The molecule has 0 spiro atoms. The Morgan fingerprint density at radius 1 is 1.22 bits per heavy atom. The molecule has 1 fully saturated rings. The molecule has 1 aliphatic carbocycles. The van der Waals surface area contributed by atoms with Gasteiger partial charge in [-0.3, -0.25) is 4.79 Å². The minimum atomic E-state index is -0.691. The maximum absolute atomic E-state index is 13.3. The van der Waals surface area contributed by atoms with Gasteiger partial charge in [0.25, 0.3) is 0 Å². The first-order chi connectivity index (χ1) is 8.66. The van der Waals surface area contributed by atoms with Gasteiger partial charge in [0.2, 0.25) is 5.91 Å². The fraction of sp³-hybridized carbons (Fsp3) is 0.462. The molecule has 0 saturated heterocycles. The molecule has 0 radical (unpaired) electrons. The number of carbonyl (C=O) groups is 1. The maximum atomic E-state index is 13.3. The van der Waals surface area contributed by atoms with Crippen LogP contribution in [0.5, 0.6) is 0 Å². The predicted octanol–water partition coefficient (Wildman–Crippen LogP) is 2.44. The molecule has 18 heavy (non-hydrogen) atoms. The molecule has 0 atom stereocenters. The van der Waals surface area contributed by atoms with E-state index >= 15 is 0 Å². The highest BCUT2D eigenvalue weighted by atomic mass is 19.1. The first-order valence-electron chi connectivity index (χ1n) is 6.14. The Morgan fingerprint density at radius 3 is 2.44 bits per heavy atom. The minimum absolute atomic E-state index is 0.117. The van der Waals surface area contributed by atoms with Crippen LogP contribution < -0.4 is 10.6 Å². The summed E-state index contributed by atoms with van der Waals surface area (Å²) in [4.78, 5) is 11.6. The molecule has 0 aromatic heterocycles. The summed E-state index contributed by atoms with van der Waals surface area (Å²) in [5.74, 6) is -1.61. The van der Waals surface area contributed by atoms with E-state index in [-0.39, 0.29) is 24.2 Å². The van der Waals surface area contributed by atoms with E-state index in [9.17, 15) is 13.6 Å². The van der Waals surface area contributed by atoms with Crippen LogP contribution in [0.3, 0.4) is 0 Å². The van der Waals surface area contributed by atoms with E-state index in [0.717, 1.165) is 37.8 Å². The van der Waals surface area contributed by atoms with Crippen molar-refractivity contribution in [3.63, 3.8) is 0 Å². The highest BCUT2D eigenvalue weighted by Crippen LogP contribution is 2.18. The van der Waals surface area contributed by atoms with Crippen LogP contribution >= 0.6 is 0 Å². The van der Waals surface area contributed by atoms with E-state index in [1.165, 1.54) is 6.07 Å². The number of nitrogens with one attached hydrogen (secondary N) is 2. The van der Waals surface area contributed by atoms with Crippen molar-refractivity contribution in [2.45, 2.75) is 31.7 Å². The summed E-state index contributed by atoms with van der Waals surface area (Å²) in [6, 6.07) is 3.81. The number of hydrogen-bond acceptors (Lipinski definition) is 2. The number of halogens is 2. The number of para-hydroxylation sites is 1. The zero-order valence-electron chi connectivity index (χ0n) is 10.0. The van der Waals surface area contributed by atoms with Gasteiger partial charge in [-0.25, -0.2) is 8.78 Å². The third-order valence-electron chi connectivity index (χ3n) is 3.11. The van der Waals surface area contributed by atoms with Crippen molar-refractivity contribution in [2.75, 3.05) is 11.9 Å². The maximum Gasteiger partial charge on any atom is 0.239 e. The molecule has 0 unspecified atom stereocenters. The average molecular weight is 254 g/mol. The normalized spacial score (nSPS) is 15.7. The highest BCUT2D eigenvalue weighted by Gasteiger charge is 2.17. The van der Waals surface area contributed by atoms with E-state index in [1.807, 2.05) is 0 Å². The van der Waals surface area contributed by atoms with Gasteiger partial charge in [0.1, 0.15) is 17.3 Å². The average Bonchev–Trinajstić information content (AvgIpc) is 2.81. The van der Waals surface area contributed by atoms with Gasteiger partial charge < -0.3 is 10.6 Å². The Bertz CT molecular complexity index is 411. The van der Waals surface area contributed by atoms with E-state index in [2.05, 4.69) is 10.6 Å². The van der Waals surface area contributed by atoms with Gasteiger partial charge in [-0.1, -0.05) is 18.9 Å². The SMILES string of the molecule is O=C(CNc1c(F)cccc1F)NC1CCCC1. The van der Waals surface area contributed by atoms with Crippen LogP contribution in [0.2, 0.25) is 0 Å². The largest absolute Gasteiger partial charge is 0.371 e. The molecule has 1 aromatic rings. The quantitative estimate of drug-likeness (QED) is 0.866. The summed E-state index contributed by atoms with van der Waals surface area (Å²) in [7, 11) is 0. The number of benzene rings is 1. The van der Waals surface area contributed by atoms with Crippen molar-refractivity contribution in [1.82, 2.24) is 5.32 Å². The topological polar surface area (TPSA) is 41.1 Å². The summed E-state index contributed by atoms with van der Waals surface area (Å²) in [5, 5.41) is 5.33. The van der Waals surface area contributed by atoms with Gasteiger partial charge in [0.15, 0.2) is 0 Å². The van der Waals surface area contributed by atoms with Crippen LogP contribution in [0.1, 0.15) is 25.7 Å². The van der Waals surface area contributed by atoms with E-state index in [1.54, 1.807) is 0 Å². The van der Waals surface area contributed by atoms with Crippen LogP contribution in [0.15, 0.2) is 18.2 Å². The zero-order valence-corrected chi connectivity index (χ0v) is 10.0. The molecule has 2 N–H and O–H groups in total. The summed E-state index contributed by atoms with van der Waals surface area (Å²) in [6.45, 7) is -0.117. The van der Waals surface area contributed by atoms with Gasteiger partial charge in [-0.15, -0.1) is 0 Å². The van der Waals surface area contributed by atoms with Crippen molar-refractivity contribution in [2.24, 2.45) is 0 Å². The molecule has 1 aliphatic rings. The Kier molecular flexibility index (Phi) is 4.12. The Balaban J connectivity index is 1.85. The first kappa shape index (κ1) is 12.8. The van der Waals surface area contributed by atoms with Crippen molar-refractivity contribution in [3.05, 3.63) is 29.8 Å². The lowest BCUT2D eigenvalue weighted by Gasteiger charge is -2.13. The number of rotatable bonds is 4. The summed E-state index contributed by atoms with van der Waals surface area (Å²) in [5.41, 5.74) is -0.251. The summed E-state index contributed by atoms with van der Waals surface area (Å²) >= 11 is 0. The Morgan fingerprint density at radius 2 is 1.83 bits per heavy atom. The van der Waals surface area contributed by atoms with Gasteiger partial charge in [0, 0.05) is 6.04 Å². The summed E-state index contributed by atoms with van der Waals surface area (Å²) in [6.07, 6.45) is 4.22. The van der Waals surface area contributed by atoms with E-state index in [4.69, 9.17) is 0 Å². The van der Waals surface area contributed by atoms with Crippen molar-refractivity contribution >= 4 is 11.6 Å². The Labute approximate surface area is 105 Å². The van der Waals surface area contributed by atoms with Crippen LogP contribution in [0.25, 0.3) is 0 Å². The molecule has 2 rings (SSSR count). The van der Waals surface area contributed by atoms with Crippen molar-refractivity contribution in [3.8, 4) is 0 Å². The molecule has 1 saturated carbocycles. The standard InChI is InChI=1S/C13H16F2N2O/c14-10-6-3-7-11(15)13(10)16-8-12(18)17-9-4-1-2-5-9/h3,6-7,9,16H,1-2,4-5,8H2,(H,17,18). The summed E-state index contributed by atoms with van der Waals surface area (Å²) < 4.78 is 26.5. The number of hydrogen-bond donors (Lipinski definition) is 2. The first-order valence-corrected chi connectivity index (χ1v) is 6.14. The second-order valence-corrected chi connectivity index (χ2v) is 4.50. The zero-order chi connectivity index (χ0) is 13.0. The van der Waals surface area contributed by atoms with Gasteiger partial charge in [-0.2, -0.15) is 0 Å². The lowest BCUT2D eigenvalue weighted by Crippen LogP contribution is -2.36. The van der Waals surface area contributed by atoms with Crippen LogP contribution in [-0.2, 0) is 4.79 Å². The smallest absolute Gasteiger partial charge is 0.239 e. The third-order valence-corrected chi connectivity index (χ3v) is 3.11. The van der Waals surface area contributed by atoms with Crippen molar-refractivity contribution in [1.29, 1.82) is 0 Å². The van der Waals surface area contributed by atoms with Crippen molar-refractivity contribution < 1.29 is 13.6 Å². The predicted molar refractivity (Wildman–Crippen MR) is 65.2 cm³/mol. The van der Waals surface area contributed by atoms with E-state index in [0.29, 0.717) is 0 Å². The van der Waals surface area contributed by atoms with Crippen LogP contribution in [0.4, 0.5) is 14.5 Å². The fourth-order valence-corrected chi connectivity index (χ4v) is 2.18. The molecule has 1 aromatic carbocycles. The second-order valence-electron chi connectivity index (χ2n) is 4.50. The molecule has 0 aliphatic heterocycles. The highest BCUT2D eigenvalue weighted by molar-refractivity contribution is 5.81. The number of amides is 1. The molecule has 0 bridgehead atoms. The van der Waals surface area contributed by atoms with Gasteiger partial charge in [0.05, 0.1) is 6.54 Å². The molecular weight excluding hydrogens is 238 g/mol. The number of anilines is 1. The van der Waals surface area contributed by atoms with E-state index < -0.39 is 11.6 Å². The Hall–Kier alpha value is -1.65. The lowest BCUT2D eigenvalue weighted by atomic mass is 10.2. The minimum Gasteiger partial charge on any atom is -0.371 e. The third kappa shape index (κ3) is 3.18.